The topological polar surface area (TPSA) is 43.4 Å². The van der Waals surface area contributed by atoms with Crippen LogP contribution in [-0.2, 0) is 27.2 Å². The minimum atomic E-state index is -0.619. The minimum Gasteiger partial charge on any atom is -0.457 e. The van der Waals surface area contributed by atoms with E-state index in [9.17, 15) is 14.0 Å². The third-order valence-corrected chi connectivity index (χ3v) is 5.50. The Morgan fingerprint density at radius 1 is 1.31 bits per heavy atom. The van der Waals surface area contributed by atoms with Crippen LogP contribution in [0.3, 0.4) is 0 Å². The molecule has 1 aromatic carbocycles. The highest BCUT2D eigenvalue weighted by atomic mass is 35.5. The van der Waals surface area contributed by atoms with Crippen molar-refractivity contribution in [3.63, 3.8) is 0 Å². The summed E-state index contributed by atoms with van der Waals surface area (Å²) >= 11 is 11.3. The van der Waals surface area contributed by atoms with Crippen molar-refractivity contribution in [1.29, 1.82) is 0 Å². The van der Waals surface area contributed by atoms with E-state index < -0.39 is 11.2 Å². The summed E-state index contributed by atoms with van der Waals surface area (Å²) in [5, 5.41) is 0.271. The van der Waals surface area contributed by atoms with Gasteiger partial charge in [0.25, 0.3) is 0 Å². The zero-order chi connectivity index (χ0) is 19.5. The van der Waals surface area contributed by atoms with Crippen LogP contribution in [0.1, 0.15) is 57.6 Å². The fourth-order valence-electron chi connectivity index (χ4n) is 2.93. The Morgan fingerprint density at radius 3 is 2.46 bits per heavy atom. The molecule has 1 unspecified atom stereocenters. The molecule has 0 radical (unpaired) electrons. The zero-order valence-corrected chi connectivity index (χ0v) is 16.9. The molecule has 0 bridgehead atoms. The van der Waals surface area contributed by atoms with Crippen molar-refractivity contribution in [2.75, 3.05) is 0 Å². The Balaban J connectivity index is 2.19. The van der Waals surface area contributed by atoms with Gasteiger partial charge in [0.05, 0.1) is 5.41 Å². The molecule has 1 atom stereocenters. The Labute approximate surface area is 164 Å². The molecule has 3 nitrogen and oxygen atoms in total. The van der Waals surface area contributed by atoms with Crippen LogP contribution in [0.4, 0.5) is 4.39 Å². The van der Waals surface area contributed by atoms with Gasteiger partial charge in [-0.3, -0.25) is 9.59 Å². The van der Waals surface area contributed by atoms with Gasteiger partial charge in [0, 0.05) is 22.7 Å². The SMILES string of the molecule is CCC(=O)Cc1cc(CC2(C(=O)OC(CC)C(C)=S)CC2)c(Cl)cc1F. The standard InChI is InChI=1S/C20H24ClFO3S/c1-4-15(23)9-13-8-14(16(21)10-17(13)22)11-20(6-7-20)19(24)25-18(5-2)12(3)26/h8,10,18H,4-7,9,11H2,1-3H3. The highest BCUT2D eigenvalue weighted by Gasteiger charge is 2.52. The van der Waals surface area contributed by atoms with Gasteiger partial charge in [-0.1, -0.05) is 43.7 Å². The first-order valence-corrected chi connectivity index (χ1v) is 9.71. The van der Waals surface area contributed by atoms with Crippen molar-refractivity contribution < 1.29 is 18.7 Å². The monoisotopic (exact) mass is 398 g/mol. The lowest BCUT2D eigenvalue weighted by Crippen LogP contribution is -2.30. The predicted molar refractivity (Wildman–Crippen MR) is 104 cm³/mol. The van der Waals surface area contributed by atoms with E-state index in [4.69, 9.17) is 28.6 Å². The first-order chi connectivity index (χ1) is 12.2. The molecule has 1 aliphatic rings. The van der Waals surface area contributed by atoms with Gasteiger partial charge in [-0.15, -0.1) is 0 Å². The van der Waals surface area contributed by atoms with Crippen LogP contribution in [0, 0.1) is 11.2 Å². The number of esters is 1. The molecule has 0 saturated heterocycles. The highest BCUT2D eigenvalue weighted by Crippen LogP contribution is 2.50. The molecular weight excluding hydrogens is 375 g/mol. The quantitative estimate of drug-likeness (QED) is 0.432. The van der Waals surface area contributed by atoms with E-state index in [0.717, 1.165) is 0 Å². The number of halogens is 2. The molecule has 0 aromatic heterocycles. The Kier molecular flexibility index (Phi) is 6.92. The fraction of sp³-hybridized carbons (Fsp3) is 0.550. The lowest BCUT2D eigenvalue weighted by molar-refractivity contribution is -0.152. The van der Waals surface area contributed by atoms with Gasteiger partial charge < -0.3 is 4.74 Å². The maximum Gasteiger partial charge on any atom is 0.313 e. The number of ether oxygens (including phenoxy) is 1. The molecule has 0 N–H and O–H groups in total. The van der Waals surface area contributed by atoms with Crippen LogP contribution in [0.5, 0.6) is 0 Å². The van der Waals surface area contributed by atoms with E-state index in [1.807, 2.05) is 6.92 Å². The molecule has 26 heavy (non-hydrogen) atoms. The highest BCUT2D eigenvalue weighted by molar-refractivity contribution is 7.80. The van der Waals surface area contributed by atoms with Gasteiger partial charge in [-0.25, -0.2) is 4.39 Å². The molecule has 142 valence electrons. The first-order valence-electron chi connectivity index (χ1n) is 8.92. The van der Waals surface area contributed by atoms with Crippen LogP contribution in [0.15, 0.2) is 12.1 Å². The number of Topliss-reactive ketones (excluding diaryl/α,β-unsaturated/α-hetero) is 1. The lowest BCUT2D eigenvalue weighted by atomic mass is 9.94. The summed E-state index contributed by atoms with van der Waals surface area (Å²) in [4.78, 5) is 25.0. The van der Waals surface area contributed by atoms with Gasteiger partial charge >= 0.3 is 5.97 Å². The summed E-state index contributed by atoms with van der Waals surface area (Å²) < 4.78 is 19.7. The molecule has 0 amide bonds. The van der Waals surface area contributed by atoms with E-state index in [2.05, 4.69) is 0 Å². The average molecular weight is 399 g/mol. The van der Waals surface area contributed by atoms with Crippen molar-refractivity contribution in [1.82, 2.24) is 0 Å². The summed E-state index contributed by atoms with van der Waals surface area (Å²) in [5.41, 5.74) is 0.376. The van der Waals surface area contributed by atoms with E-state index in [-0.39, 0.29) is 29.3 Å². The van der Waals surface area contributed by atoms with E-state index in [0.29, 0.717) is 48.1 Å². The zero-order valence-electron chi connectivity index (χ0n) is 15.4. The molecule has 1 saturated carbocycles. The number of ketones is 1. The van der Waals surface area contributed by atoms with Crippen molar-refractivity contribution in [3.8, 4) is 0 Å². The van der Waals surface area contributed by atoms with Gasteiger partial charge in [0.1, 0.15) is 17.7 Å². The Morgan fingerprint density at radius 2 is 1.96 bits per heavy atom. The fourth-order valence-corrected chi connectivity index (χ4v) is 3.36. The van der Waals surface area contributed by atoms with Gasteiger partial charge in [-0.2, -0.15) is 0 Å². The molecule has 0 heterocycles. The number of carbonyl (C=O) groups excluding carboxylic acids is 2. The molecular formula is C20H24ClFO3S. The summed E-state index contributed by atoms with van der Waals surface area (Å²) in [6.07, 6.45) is 2.44. The largest absolute Gasteiger partial charge is 0.457 e. The number of benzene rings is 1. The molecule has 1 aromatic rings. The van der Waals surface area contributed by atoms with Crippen LogP contribution in [0.25, 0.3) is 0 Å². The second-order valence-corrected chi connectivity index (χ2v) is 8.03. The summed E-state index contributed by atoms with van der Waals surface area (Å²) in [5.74, 6) is -0.810. The third kappa shape index (κ3) is 4.89. The van der Waals surface area contributed by atoms with Crippen LogP contribution in [0.2, 0.25) is 5.02 Å². The third-order valence-electron chi connectivity index (χ3n) is 4.89. The predicted octanol–water partition coefficient (Wildman–Crippen LogP) is 5.04. The number of rotatable bonds is 9. The van der Waals surface area contributed by atoms with E-state index in [1.54, 1.807) is 19.9 Å². The summed E-state index contributed by atoms with van der Waals surface area (Å²) in [6, 6.07) is 2.84. The Hall–Kier alpha value is -1.33. The van der Waals surface area contributed by atoms with Crippen molar-refractivity contribution in [2.45, 2.75) is 65.4 Å². The smallest absolute Gasteiger partial charge is 0.313 e. The van der Waals surface area contributed by atoms with Crippen LogP contribution < -0.4 is 0 Å². The minimum absolute atomic E-state index is 0.0337. The van der Waals surface area contributed by atoms with E-state index in [1.165, 1.54) is 6.07 Å². The lowest BCUT2D eigenvalue weighted by Gasteiger charge is -2.21. The number of hydrogen-bond acceptors (Lipinski definition) is 4. The van der Waals surface area contributed by atoms with Crippen molar-refractivity contribution in [2.24, 2.45) is 5.41 Å². The van der Waals surface area contributed by atoms with Crippen LogP contribution >= 0.6 is 23.8 Å². The van der Waals surface area contributed by atoms with E-state index >= 15 is 0 Å². The Bertz CT molecular complexity index is 728. The van der Waals surface area contributed by atoms with Gasteiger partial charge in [0.2, 0.25) is 0 Å². The van der Waals surface area contributed by atoms with Crippen molar-refractivity contribution >= 4 is 40.4 Å². The van der Waals surface area contributed by atoms with Gasteiger partial charge in [-0.05, 0) is 49.8 Å². The second-order valence-electron chi connectivity index (χ2n) is 6.97. The number of carbonyl (C=O) groups is 2. The summed E-state index contributed by atoms with van der Waals surface area (Å²) in [6.45, 7) is 5.43. The first kappa shape index (κ1) is 21.0. The summed E-state index contributed by atoms with van der Waals surface area (Å²) in [7, 11) is 0. The maximum atomic E-state index is 14.1. The molecule has 2 rings (SSSR count). The van der Waals surface area contributed by atoms with Crippen LogP contribution in [-0.4, -0.2) is 22.7 Å². The van der Waals surface area contributed by atoms with Gasteiger partial charge in [0.15, 0.2) is 0 Å². The molecule has 0 aliphatic heterocycles. The molecule has 1 fully saturated rings. The number of hydrogen-bond donors (Lipinski definition) is 0. The molecule has 1 aliphatic carbocycles. The van der Waals surface area contributed by atoms with Crippen molar-refractivity contribution in [3.05, 3.63) is 34.1 Å². The maximum absolute atomic E-state index is 14.1. The second kappa shape index (κ2) is 8.57. The average Bonchev–Trinajstić information content (AvgIpc) is 3.37. The number of thiocarbonyl (C=S) groups is 1. The normalized spacial score (nSPS) is 16.0. The molecule has 0 spiro atoms. The molecule has 6 heteroatoms.